The molecule has 5 heterocycles. The van der Waals surface area contributed by atoms with Crippen LogP contribution < -0.4 is 4.90 Å². The van der Waals surface area contributed by atoms with E-state index in [0.29, 0.717) is 36.8 Å². The number of halogens is 1. The molecule has 3 aromatic heterocycles. The van der Waals surface area contributed by atoms with Crippen molar-refractivity contribution in [2.45, 2.75) is 38.3 Å². The minimum Gasteiger partial charge on any atom is -0.362 e. The Kier molecular flexibility index (Phi) is 6.03. The number of aromatic nitrogens is 4. The van der Waals surface area contributed by atoms with Gasteiger partial charge in [-0.2, -0.15) is 15.5 Å². The zero-order valence-electron chi connectivity index (χ0n) is 21.9. The molecule has 10 heteroatoms. The number of likely N-dealkylation sites (N-methyl/N-ethyl adjacent to an activating group) is 1. The van der Waals surface area contributed by atoms with Crippen molar-refractivity contribution in [1.29, 1.82) is 5.26 Å². The van der Waals surface area contributed by atoms with E-state index < -0.39 is 5.82 Å². The number of rotatable bonds is 4. The van der Waals surface area contributed by atoms with E-state index in [2.05, 4.69) is 50.8 Å². The standard InChI is InChI=1S/C28H31FN8O/c1-18-15-35(25-7-5-21(13-30)37-28(25)23(29)14-31-37)16-26-22-6-4-20(12-24(22)32-36(18)26)19-8-10-34(11-9-19)17-27(38)33(2)3/h4-7,12,14,18-19H,8-11,15-17H2,1-3H3/t18-/m0/s1. The number of carbonyl (C=O) groups is 1. The van der Waals surface area contributed by atoms with Crippen LogP contribution in [-0.4, -0.2) is 75.4 Å². The Morgan fingerprint density at radius 1 is 1.21 bits per heavy atom. The summed E-state index contributed by atoms with van der Waals surface area (Å²) in [4.78, 5) is 18.1. The Morgan fingerprint density at radius 2 is 2.00 bits per heavy atom. The van der Waals surface area contributed by atoms with Gasteiger partial charge >= 0.3 is 0 Å². The Labute approximate surface area is 220 Å². The van der Waals surface area contributed by atoms with Crippen molar-refractivity contribution < 1.29 is 9.18 Å². The van der Waals surface area contributed by atoms with Gasteiger partial charge in [-0.3, -0.25) is 14.4 Å². The van der Waals surface area contributed by atoms with Crippen LogP contribution in [0.15, 0.2) is 36.5 Å². The first kappa shape index (κ1) is 24.4. The summed E-state index contributed by atoms with van der Waals surface area (Å²) in [5.41, 5.74) is 4.74. The third-order valence-electron chi connectivity index (χ3n) is 8.03. The second-order valence-electron chi connectivity index (χ2n) is 10.7. The van der Waals surface area contributed by atoms with Crippen LogP contribution in [0, 0.1) is 17.1 Å². The summed E-state index contributed by atoms with van der Waals surface area (Å²) < 4.78 is 18.2. The Bertz CT molecular complexity index is 1570. The van der Waals surface area contributed by atoms with Gasteiger partial charge in [-0.05, 0) is 62.5 Å². The zero-order chi connectivity index (χ0) is 26.6. The molecular formula is C28H31FN8O. The van der Waals surface area contributed by atoms with Gasteiger partial charge in [-0.25, -0.2) is 8.91 Å². The number of fused-ring (bicyclic) bond motifs is 4. The zero-order valence-corrected chi connectivity index (χ0v) is 21.9. The lowest BCUT2D eigenvalue weighted by Gasteiger charge is -2.34. The number of amides is 1. The molecule has 0 unspecified atom stereocenters. The molecule has 2 aliphatic heterocycles. The first-order valence-corrected chi connectivity index (χ1v) is 13.1. The summed E-state index contributed by atoms with van der Waals surface area (Å²) in [5.74, 6) is 0.166. The van der Waals surface area contributed by atoms with Gasteiger partial charge in [0.2, 0.25) is 5.91 Å². The van der Waals surface area contributed by atoms with Crippen LogP contribution in [0.5, 0.6) is 0 Å². The number of nitrogens with zero attached hydrogens (tertiary/aromatic N) is 8. The van der Waals surface area contributed by atoms with Gasteiger partial charge in [-0.15, -0.1) is 0 Å². The van der Waals surface area contributed by atoms with Crippen molar-refractivity contribution in [2.75, 3.05) is 45.2 Å². The molecule has 0 spiro atoms. The topological polar surface area (TPSA) is 85.7 Å². The lowest BCUT2D eigenvalue weighted by atomic mass is 9.89. The normalized spacial score (nSPS) is 18.6. The van der Waals surface area contributed by atoms with Crippen LogP contribution in [0.4, 0.5) is 10.1 Å². The maximum atomic E-state index is 14.7. The number of benzene rings is 1. The highest BCUT2D eigenvalue weighted by Crippen LogP contribution is 2.36. The van der Waals surface area contributed by atoms with Crippen LogP contribution in [-0.2, 0) is 11.3 Å². The quantitative estimate of drug-likeness (QED) is 0.414. The van der Waals surface area contributed by atoms with Gasteiger partial charge in [0.1, 0.15) is 17.3 Å². The SMILES string of the molecule is C[C@H]1CN(c2ccc(C#N)n3ncc(F)c23)Cc2c3ccc(C4CCN(CC(=O)N(C)C)CC4)cc3nn21. The molecule has 0 bridgehead atoms. The average molecular weight is 515 g/mol. The highest BCUT2D eigenvalue weighted by atomic mass is 19.1. The van der Waals surface area contributed by atoms with Crippen molar-refractivity contribution >= 4 is 28.0 Å². The van der Waals surface area contributed by atoms with Gasteiger partial charge in [0, 0.05) is 26.0 Å². The maximum Gasteiger partial charge on any atom is 0.236 e. The average Bonchev–Trinajstić information content (AvgIpc) is 3.49. The minimum absolute atomic E-state index is 0.0914. The number of pyridine rings is 1. The molecule has 6 rings (SSSR count). The van der Waals surface area contributed by atoms with Gasteiger partial charge in [-0.1, -0.05) is 12.1 Å². The Balaban J connectivity index is 1.25. The Hall–Kier alpha value is -3.97. The van der Waals surface area contributed by atoms with Crippen LogP contribution in [0.3, 0.4) is 0 Å². The second-order valence-corrected chi connectivity index (χ2v) is 10.7. The maximum absolute atomic E-state index is 14.7. The molecule has 38 heavy (non-hydrogen) atoms. The van der Waals surface area contributed by atoms with E-state index in [9.17, 15) is 14.4 Å². The number of anilines is 1. The second kappa shape index (κ2) is 9.40. The third kappa shape index (κ3) is 4.07. The van der Waals surface area contributed by atoms with Crippen molar-refractivity contribution in [3.8, 4) is 6.07 Å². The van der Waals surface area contributed by atoms with E-state index in [1.165, 1.54) is 16.3 Å². The molecule has 1 saturated heterocycles. The first-order chi connectivity index (χ1) is 18.3. The number of hydrogen-bond acceptors (Lipinski definition) is 6. The lowest BCUT2D eigenvalue weighted by molar-refractivity contribution is -0.130. The molecule has 1 amide bonds. The first-order valence-electron chi connectivity index (χ1n) is 13.1. The van der Waals surface area contributed by atoms with E-state index in [-0.39, 0.29) is 11.9 Å². The van der Waals surface area contributed by atoms with Crippen molar-refractivity contribution in [1.82, 2.24) is 29.2 Å². The molecule has 1 fully saturated rings. The summed E-state index contributed by atoms with van der Waals surface area (Å²) >= 11 is 0. The third-order valence-corrected chi connectivity index (χ3v) is 8.03. The largest absolute Gasteiger partial charge is 0.362 e. The fraction of sp³-hybridized carbons (Fsp3) is 0.429. The molecule has 2 aliphatic rings. The highest BCUT2D eigenvalue weighted by molar-refractivity contribution is 5.84. The van der Waals surface area contributed by atoms with Gasteiger partial charge in [0.15, 0.2) is 5.82 Å². The number of nitriles is 1. The van der Waals surface area contributed by atoms with Crippen LogP contribution in [0.25, 0.3) is 16.4 Å². The number of piperidine rings is 1. The predicted octanol–water partition coefficient (Wildman–Crippen LogP) is 3.54. The summed E-state index contributed by atoms with van der Waals surface area (Å²) in [6.45, 7) is 5.70. The summed E-state index contributed by atoms with van der Waals surface area (Å²) in [5, 5.41) is 19.6. The molecule has 0 radical (unpaired) electrons. The number of hydrogen-bond donors (Lipinski definition) is 0. The molecule has 0 N–H and O–H groups in total. The molecule has 1 atom stereocenters. The summed E-state index contributed by atoms with van der Waals surface area (Å²) in [6.07, 6.45) is 3.21. The molecule has 9 nitrogen and oxygen atoms in total. The van der Waals surface area contributed by atoms with E-state index in [4.69, 9.17) is 5.10 Å². The number of carbonyl (C=O) groups excluding carboxylic acids is 1. The smallest absolute Gasteiger partial charge is 0.236 e. The van der Waals surface area contributed by atoms with Crippen molar-refractivity contribution in [3.05, 3.63) is 59.3 Å². The number of likely N-dealkylation sites (tertiary alicyclic amines) is 1. The van der Waals surface area contributed by atoms with Crippen molar-refractivity contribution in [3.63, 3.8) is 0 Å². The minimum atomic E-state index is -0.435. The molecule has 196 valence electrons. The lowest BCUT2D eigenvalue weighted by Crippen LogP contribution is -2.40. The monoisotopic (exact) mass is 514 g/mol. The highest BCUT2D eigenvalue weighted by Gasteiger charge is 2.29. The fourth-order valence-electron chi connectivity index (χ4n) is 5.92. The van der Waals surface area contributed by atoms with Gasteiger partial charge < -0.3 is 9.80 Å². The summed E-state index contributed by atoms with van der Waals surface area (Å²) in [7, 11) is 3.60. The molecule has 0 saturated carbocycles. The fourth-order valence-corrected chi connectivity index (χ4v) is 5.92. The molecule has 0 aliphatic carbocycles. The predicted molar refractivity (Wildman–Crippen MR) is 142 cm³/mol. The van der Waals surface area contributed by atoms with E-state index in [1.807, 2.05) is 6.07 Å². The van der Waals surface area contributed by atoms with E-state index >= 15 is 0 Å². The van der Waals surface area contributed by atoms with Crippen LogP contribution in [0.2, 0.25) is 0 Å². The van der Waals surface area contributed by atoms with Gasteiger partial charge in [0.05, 0.1) is 42.2 Å². The molecular weight excluding hydrogens is 483 g/mol. The molecule has 4 aromatic rings. The van der Waals surface area contributed by atoms with Crippen molar-refractivity contribution in [2.24, 2.45) is 0 Å². The van der Waals surface area contributed by atoms with Crippen LogP contribution in [0.1, 0.15) is 48.7 Å². The Morgan fingerprint density at radius 3 is 2.74 bits per heavy atom. The summed E-state index contributed by atoms with van der Waals surface area (Å²) in [6, 6.07) is 12.3. The molecule has 1 aromatic carbocycles. The van der Waals surface area contributed by atoms with E-state index in [1.54, 1.807) is 25.1 Å². The van der Waals surface area contributed by atoms with Gasteiger partial charge in [0.25, 0.3) is 0 Å². The van der Waals surface area contributed by atoms with E-state index in [0.717, 1.165) is 48.2 Å². The van der Waals surface area contributed by atoms with Crippen LogP contribution >= 0.6 is 0 Å².